The molecule has 3 rings (SSSR count). The summed E-state index contributed by atoms with van der Waals surface area (Å²) in [6, 6.07) is 7.59. The number of anilines is 1. The van der Waals surface area contributed by atoms with Crippen LogP contribution >= 0.6 is 0 Å². The average Bonchev–Trinajstić information content (AvgIpc) is 2.28. The summed E-state index contributed by atoms with van der Waals surface area (Å²) in [4.78, 5) is 4.48. The number of hydrogen-bond acceptors (Lipinski definition) is 4. The minimum atomic E-state index is -0.717. The molecule has 0 radical (unpaired) electrons. The predicted molar refractivity (Wildman–Crippen MR) is 65.4 cm³/mol. The summed E-state index contributed by atoms with van der Waals surface area (Å²) < 4.78 is 0. The molecule has 1 aliphatic rings. The van der Waals surface area contributed by atoms with Crippen LogP contribution in [0.15, 0.2) is 24.3 Å². The van der Waals surface area contributed by atoms with Crippen molar-refractivity contribution < 1.29 is 10.2 Å². The molecule has 0 aliphatic heterocycles. The molecule has 0 spiro atoms. The highest BCUT2D eigenvalue weighted by molar-refractivity contribution is 5.92. The van der Waals surface area contributed by atoms with Crippen molar-refractivity contribution in [1.29, 1.82) is 0 Å². The lowest BCUT2D eigenvalue weighted by Gasteiger charge is -2.26. The molecule has 1 aromatic heterocycles. The van der Waals surface area contributed by atoms with Crippen LogP contribution in [0.5, 0.6) is 0 Å². The van der Waals surface area contributed by atoms with E-state index in [0.29, 0.717) is 29.8 Å². The van der Waals surface area contributed by atoms with Crippen LogP contribution in [0.1, 0.15) is 23.8 Å². The van der Waals surface area contributed by atoms with Crippen molar-refractivity contribution in [1.82, 2.24) is 4.98 Å². The van der Waals surface area contributed by atoms with Crippen LogP contribution in [0.2, 0.25) is 0 Å². The molecule has 4 heteroatoms. The number of nitrogens with zero attached hydrogens (tertiary/aromatic N) is 1. The first-order chi connectivity index (χ1) is 8.16. The van der Waals surface area contributed by atoms with E-state index in [1.165, 1.54) is 0 Å². The number of aliphatic hydroxyl groups excluding tert-OH is 2. The quantitative estimate of drug-likeness (QED) is 0.634. The van der Waals surface area contributed by atoms with Crippen LogP contribution in [0.25, 0.3) is 10.9 Å². The van der Waals surface area contributed by atoms with Gasteiger partial charge >= 0.3 is 0 Å². The van der Waals surface area contributed by atoms with Crippen molar-refractivity contribution in [2.45, 2.75) is 25.0 Å². The first-order valence-electron chi connectivity index (χ1n) is 5.70. The van der Waals surface area contributed by atoms with Gasteiger partial charge in [0.25, 0.3) is 0 Å². The van der Waals surface area contributed by atoms with E-state index in [0.717, 1.165) is 10.9 Å². The van der Waals surface area contributed by atoms with Crippen molar-refractivity contribution in [3.05, 3.63) is 35.5 Å². The highest BCUT2D eigenvalue weighted by Gasteiger charge is 2.28. The minimum absolute atomic E-state index is 0.331. The summed E-state index contributed by atoms with van der Waals surface area (Å²) in [5, 5.41) is 20.5. The van der Waals surface area contributed by atoms with E-state index in [1.807, 2.05) is 24.3 Å². The molecular weight excluding hydrogens is 216 g/mol. The van der Waals surface area contributed by atoms with Crippen molar-refractivity contribution in [3.63, 3.8) is 0 Å². The fraction of sp³-hybridized carbons (Fsp3) is 0.308. The normalized spacial score (nSPS) is 23.6. The van der Waals surface area contributed by atoms with Gasteiger partial charge in [-0.15, -0.1) is 0 Å². The van der Waals surface area contributed by atoms with Gasteiger partial charge in [-0.05, 0) is 6.07 Å². The second-order valence-electron chi connectivity index (χ2n) is 4.51. The van der Waals surface area contributed by atoms with Gasteiger partial charge in [-0.2, -0.15) is 0 Å². The monoisotopic (exact) mass is 230 g/mol. The topological polar surface area (TPSA) is 79.4 Å². The summed E-state index contributed by atoms with van der Waals surface area (Å²) in [6.07, 6.45) is -0.463. The van der Waals surface area contributed by atoms with Crippen molar-refractivity contribution in [2.75, 3.05) is 5.73 Å². The molecule has 1 heterocycles. The SMILES string of the molecule is Nc1c2c(nc3ccccc13)C[C@@H](O)C[C@@H]2O. The highest BCUT2D eigenvalue weighted by atomic mass is 16.3. The molecule has 0 bridgehead atoms. The Labute approximate surface area is 98.7 Å². The highest BCUT2D eigenvalue weighted by Crippen LogP contribution is 2.36. The molecule has 0 amide bonds. The van der Waals surface area contributed by atoms with Gasteiger partial charge in [0, 0.05) is 29.5 Å². The summed E-state index contributed by atoms with van der Waals surface area (Å²) in [6.45, 7) is 0. The first-order valence-corrected chi connectivity index (χ1v) is 5.70. The van der Waals surface area contributed by atoms with E-state index >= 15 is 0 Å². The Morgan fingerprint density at radius 1 is 1.24 bits per heavy atom. The summed E-state index contributed by atoms with van der Waals surface area (Å²) in [7, 11) is 0. The van der Waals surface area contributed by atoms with Gasteiger partial charge in [-0.1, -0.05) is 18.2 Å². The van der Waals surface area contributed by atoms with Gasteiger partial charge in [-0.3, -0.25) is 4.98 Å². The van der Waals surface area contributed by atoms with Crippen molar-refractivity contribution in [3.8, 4) is 0 Å². The number of aromatic nitrogens is 1. The maximum Gasteiger partial charge on any atom is 0.0852 e. The minimum Gasteiger partial charge on any atom is -0.398 e. The number of hydrogen-bond donors (Lipinski definition) is 3. The molecule has 0 saturated heterocycles. The van der Waals surface area contributed by atoms with Crippen LogP contribution in [0, 0.1) is 0 Å². The summed E-state index contributed by atoms with van der Waals surface area (Å²) in [5.41, 5.74) is 8.90. The zero-order chi connectivity index (χ0) is 12.0. The Morgan fingerprint density at radius 3 is 2.82 bits per heavy atom. The predicted octanol–water partition coefficient (Wildman–Crippen LogP) is 1.16. The van der Waals surface area contributed by atoms with Gasteiger partial charge in [0.15, 0.2) is 0 Å². The molecule has 4 N–H and O–H groups in total. The third-order valence-corrected chi connectivity index (χ3v) is 3.31. The molecule has 0 unspecified atom stereocenters. The van der Waals surface area contributed by atoms with Gasteiger partial charge in [0.1, 0.15) is 0 Å². The van der Waals surface area contributed by atoms with E-state index < -0.39 is 12.2 Å². The van der Waals surface area contributed by atoms with Crippen LogP contribution in [0.3, 0.4) is 0 Å². The van der Waals surface area contributed by atoms with Crippen LogP contribution in [-0.2, 0) is 6.42 Å². The molecule has 2 aromatic rings. The Hall–Kier alpha value is -1.65. The van der Waals surface area contributed by atoms with Gasteiger partial charge in [0.05, 0.1) is 23.4 Å². The number of nitrogen functional groups attached to an aromatic ring is 1. The van der Waals surface area contributed by atoms with Gasteiger partial charge < -0.3 is 15.9 Å². The Balaban J connectivity index is 2.31. The second kappa shape index (κ2) is 3.68. The number of fused-ring (bicyclic) bond motifs is 2. The Bertz CT molecular complexity index is 583. The van der Waals surface area contributed by atoms with Crippen LogP contribution < -0.4 is 5.73 Å². The van der Waals surface area contributed by atoms with E-state index in [2.05, 4.69) is 4.98 Å². The maximum absolute atomic E-state index is 9.99. The molecule has 4 nitrogen and oxygen atoms in total. The Morgan fingerprint density at radius 2 is 2.00 bits per heavy atom. The summed E-state index contributed by atoms with van der Waals surface area (Å²) >= 11 is 0. The second-order valence-corrected chi connectivity index (χ2v) is 4.51. The van der Waals surface area contributed by atoms with Gasteiger partial charge in [0.2, 0.25) is 0 Å². The van der Waals surface area contributed by atoms with Gasteiger partial charge in [-0.25, -0.2) is 0 Å². The number of aliphatic hydroxyl groups is 2. The fourth-order valence-electron chi connectivity index (χ4n) is 2.51. The number of nitrogens with two attached hydrogens (primary N) is 1. The summed E-state index contributed by atoms with van der Waals surface area (Å²) in [5.74, 6) is 0. The lowest BCUT2D eigenvalue weighted by atomic mass is 9.89. The molecule has 0 fully saturated rings. The zero-order valence-corrected chi connectivity index (χ0v) is 9.30. The third kappa shape index (κ3) is 1.57. The van der Waals surface area contributed by atoms with Crippen LogP contribution in [0.4, 0.5) is 5.69 Å². The maximum atomic E-state index is 9.99. The standard InChI is InChI=1S/C13H14N2O2/c14-13-8-3-1-2-4-9(8)15-10-5-7(16)6-11(17)12(10)13/h1-4,7,11,16-17H,5-6H2,(H2,14,15)/t7-,11+/m1/s1. The lowest BCUT2D eigenvalue weighted by Crippen LogP contribution is -2.24. The zero-order valence-electron chi connectivity index (χ0n) is 9.30. The largest absolute Gasteiger partial charge is 0.398 e. The smallest absolute Gasteiger partial charge is 0.0852 e. The number of para-hydroxylation sites is 1. The molecule has 0 saturated carbocycles. The molecule has 1 aromatic carbocycles. The molecule has 1 aliphatic carbocycles. The first kappa shape index (κ1) is 10.5. The molecule has 17 heavy (non-hydrogen) atoms. The van der Waals surface area contributed by atoms with Crippen LogP contribution in [-0.4, -0.2) is 21.3 Å². The average molecular weight is 230 g/mol. The van der Waals surface area contributed by atoms with E-state index in [9.17, 15) is 10.2 Å². The van der Waals surface area contributed by atoms with Crippen molar-refractivity contribution >= 4 is 16.6 Å². The van der Waals surface area contributed by atoms with E-state index in [1.54, 1.807) is 0 Å². The Kier molecular flexibility index (Phi) is 2.28. The van der Waals surface area contributed by atoms with E-state index in [4.69, 9.17) is 5.73 Å². The molecular formula is C13H14N2O2. The fourth-order valence-corrected chi connectivity index (χ4v) is 2.51. The number of pyridine rings is 1. The number of benzene rings is 1. The molecule has 2 atom stereocenters. The molecule has 88 valence electrons. The van der Waals surface area contributed by atoms with Crippen molar-refractivity contribution in [2.24, 2.45) is 0 Å². The lowest BCUT2D eigenvalue weighted by molar-refractivity contribution is 0.0676. The number of rotatable bonds is 0. The third-order valence-electron chi connectivity index (χ3n) is 3.31. The van der Waals surface area contributed by atoms with E-state index in [-0.39, 0.29) is 0 Å².